The molecule has 0 aliphatic rings. The summed E-state index contributed by atoms with van der Waals surface area (Å²) < 4.78 is 0. The van der Waals surface area contributed by atoms with Crippen molar-refractivity contribution in [2.75, 3.05) is 6.61 Å². The molecule has 0 saturated heterocycles. The molecule has 2 unspecified atom stereocenters. The summed E-state index contributed by atoms with van der Waals surface area (Å²) in [5.41, 5.74) is 0. The number of unbranched alkanes of at least 4 members (excludes halogenated alkanes) is 36. The Morgan fingerprint density at radius 1 is 0.407 bits per heavy atom. The van der Waals surface area contributed by atoms with E-state index < -0.39 is 12.1 Å². The zero-order valence-electron chi connectivity index (χ0n) is 40.0. The van der Waals surface area contributed by atoms with Crippen LogP contribution in [0.4, 0.5) is 0 Å². The third-order valence-electron chi connectivity index (χ3n) is 12.4. The van der Waals surface area contributed by atoms with Gasteiger partial charge in [-0.05, 0) is 51.4 Å². The van der Waals surface area contributed by atoms with E-state index in [-0.39, 0.29) is 12.5 Å². The minimum atomic E-state index is -0.657. The van der Waals surface area contributed by atoms with E-state index in [0.717, 1.165) is 38.5 Å². The fraction of sp³-hybridized carbons (Fsp3) is 0.873. The topological polar surface area (TPSA) is 69.6 Å². The van der Waals surface area contributed by atoms with Crippen molar-refractivity contribution < 1.29 is 15.0 Å². The average molecular weight is 828 g/mol. The van der Waals surface area contributed by atoms with E-state index in [1.807, 2.05) is 0 Å². The van der Waals surface area contributed by atoms with E-state index >= 15 is 0 Å². The highest BCUT2D eigenvalue weighted by Gasteiger charge is 2.20. The Labute approximate surface area is 370 Å². The van der Waals surface area contributed by atoms with Crippen LogP contribution in [0.3, 0.4) is 0 Å². The van der Waals surface area contributed by atoms with E-state index in [1.165, 1.54) is 225 Å². The van der Waals surface area contributed by atoms with E-state index in [9.17, 15) is 15.0 Å². The van der Waals surface area contributed by atoms with Crippen LogP contribution >= 0.6 is 0 Å². The quantitative estimate of drug-likeness (QED) is 0.0423. The summed E-state index contributed by atoms with van der Waals surface area (Å²) in [5.74, 6) is -0.0281. The summed E-state index contributed by atoms with van der Waals surface area (Å²) in [6.45, 7) is 4.36. The second kappa shape index (κ2) is 51.0. The lowest BCUT2D eigenvalue weighted by Gasteiger charge is -2.22. The standard InChI is InChI=1S/C55H105NO3/c1-3-5-7-9-11-13-15-17-19-20-21-22-23-24-25-26-27-28-29-30-31-32-33-34-35-36-37-39-41-43-45-47-49-51-55(59)56-53(52-57)54(58)50-48-46-44-42-40-38-18-16-14-12-10-8-6-4-2/h15,17,20-21,23-24,53-54,57-58H,3-14,16,18-19,22,25-52H2,1-2H3,(H,56,59)/b17-15-,21-20-,24-23-. The van der Waals surface area contributed by atoms with Crippen LogP contribution in [0.25, 0.3) is 0 Å². The Kier molecular flexibility index (Phi) is 49.8. The minimum absolute atomic E-state index is 0.0281. The first kappa shape index (κ1) is 57.6. The maximum absolute atomic E-state index is 12.5. The maximum Gasteiger partial charge on any atom is 0.220 e. The van der Waals surface area contributed by atoms with Gasteiger partial charge >= 0.3 is 0 Å². The van der Waals surface area contributed by atoms with Crippen LogP contribution in [-0.2, 0) is 4.79 Å². The number of rotatable bonds is 49. The molecule has 0 aromatic carbocycles. The van der Waals surface area contributed by atoms with Gasteiger partial charge in [0.05, 0.1) is 18.8 Å². The van der Waals surface area contributed by atoms with Gasteiger partial charge in [0.15, 0.2) is 0 Å². The van der Waals surface area contributed by atoms with Gasteiger partial charge in [0.25, 0.3) is 0 Å². The number of amides is 1. The molecule has 2 atom stereocenters. The van der Waals surface area contributed by atoms with Crippen molar-refractivity contribution in [1.82, 2.24) is 5.32 Å². The van der Waals surface area contributed by atoms with Gasteiger partial charge in [-0.2, -0.15) is 0 Å². The molecule has 0 aromatic heterocycles. The third-order valence-corrected chi connectivity index (χ3v) is 12.4. The molecule has 0 aliphatic carbocycles. The van der Waals surface area contributed by atoms with Gasteiger partial charge in [0, 0.05) is 6.42 Å². The highest BCUT2D eigenvalue weighted by Crippen LogP contribution is 2.17. The zero-order chi connectivity index (χ0) is 42.8. The molecule has 4 heteroatoms. The minimum Gasteiger partial charge on any atom is -0.394 e. The van der Waals surface area contributed by atoms with E-state index in [4.69, 9.17) is 0 Å². The highest BCUT2D eigenvalue weighted by atomic mass is 16.3. The van der Waals surface area contributed by atoms with Crippen molar-refractivity contribution >= 4 is 5.91 Å². The van der Waals surface area contributed by atoms with Crippen molar-refractivity contribution in [2.24, 2.45) is 0 Å². The first-order valence-corrected chi connectivity index (χ1v) is 26.7. The maximum atomic E-state index is 12.5. The summed E-state index contributed by atoms with van der Waals surface area (Å²) in [6.07, 6.45) is 68.3. The molecule has 4 nitrogen and oxygen atoms in total. The SMILES string of the molecule is CCCCCCC/C=C\C/C=C\C/C=C\CCCCCCCCCCCCCCCCCCCCC(=O)NC(CO)C(O)CCCCCCCCCCCCCCCC. The number of nitrogens with one attached hydrogen (secondary N) is 1. The Balaban J connectivity index is 3.42. The van der Waals surface area contributed by atoms with Crippen molar-refractivity contribution in [3.8, 4) is 0 Å². The fourth-order valence-corrected chi connectivity index (χ4v) is 8.31. The summed E-state index contributed by atoms with van der Waals surface area (Å²) >= 11 is 0. The number of carbonyl (C=O) groups is 1. The molecule has 0 rings (SSSR count). The second-order valence-corrected chi connectivity index (χ2v) is 18.3. The Hall–Kier alpha value is -1.39. The molecule has 0 spiro atoms. The summed E-state index contributed by atoms with van der Waals surface area (Å²) in [4.78, 5) is 12.5. The number of aliphatic hydroxyl groups is 2. The smallest absolute Gasteiger partial charge is 0.220 e. The van der Waals surface area contributed by atoms with E-state index in [2.05, 4.69) is 55.6 Å². The lowest BCUT2D eigenvalue weighted by molar-refractivity contribution is -0.123. The molecule has 0 aromatic rings. The van der Waals surface area contributed by atoms with Crippen LogP contribution in [0.5, 0.6) is 0 Å². The van der Waals surface area contributed by atoms with Gasteiger partial charge in [-0.1, -0.05) is 269 Å². The molecule has 59 heavy (non-hydrogen) atoms. The van der Waals surface area contributed by atoms with Crippen LogP contribution in [0.1, 0.15) is 290 Å². The van der Waals surface area contributed by atoms with E-state index in [0.29, 0.717) is 12.8 Å². The Morgan fingerprint density at radius 2 is 0.695 bits per heavy atom. The van der Waals surface area contributed by atoms with Crippen LogP contribution in [-0.4, -0.2) is 34.9 Å². The normalized spacial score (nSPS) is 13.1. The van der Waals surface area contributed by atoms with Gasteiger partial charge in [-0.3, -0.25) is 4.79 Å². The van der Waals surface area contributed by atoms with Crippen molar-refractivity contribution in [3.63, 3.8) is 0 Å². The van der Waals surface area contributed by atoms with Crippen molar-refractivity contribution in [2.45, 2.75) is 302 Å². The first-order valence-electron chi connectivity index (χ1n) is 26.7. The van der Waals surface area contributed by atoms with Crippen LogP contribution in [0, 0.1) is 0 Å². The molecule has 1 amide bonds. The predicted molar refractivity (Wildman–Crippen MR) is 262 cm³/mol. The summed E-state index contributed by atoms with van der Waals surface area (Å²) in [6, 6.07) is -0.534. The number of hydrogen-bond acceptors (Lipinski definition) is 3. The highest BCUT2D eigenvalue weighted by molar-refractivity contribution is 5.76. The van der Waals surface area contributed by atoms with Gasteiger partial charge < -0.3 is 15.5 Å². The van der Waals surface area contributed by atoms with Crippen molar-refractivity contribution in [1.29, 1.82) is 0 Å². The first-order chi connectivity index (χ1) is 29.2. The van der Waals surface area contributed by atoms with Gasteiger partial charge in [0.1, 0.15) is 0 Å². The van der Waals surface area contributed by atoms with Gasteiger partial charge in [-0.25, -0.2) is 0 Å². The molecule has 348 valence electrons. The lowest BCUT2D eigenvalue weighted by Crippen LogP contribution is -2.45. The predicted octanol–water partition coefficient (Wildman–Crippen LogP) is 17.3. The van der Waals surface area contributed by atoms with Gasteiger partial charge in [-0.15, -0.1) is 0 Å². The molecule has 3 N–H and O–H groups in total. The van der Waals surface area contributed by atoms with Crippen LogP contribution < -0.4 is 5.32 Å². The summed E-state index contributed by atoms with van der Waals surface area (Å²) in [5, 5.41) is 23.2. The Morgan fingerprint density at radius 3 is 1.03 bits per heavy atom. The van der Waals surface area contributed by atoms with E-state index in [1.54, 1.807) is 0 Å². The molecule has 0 saturated carbocycles. The molecular formula is C55H105NO3. The molecule has 0 heterocycles. The zero-order valence-corrected chi connectivity index (χ0v) is 40.0. The number of aliphatic hydroxyl groups excluding tert-OH is 2. The lowest BCUT2D eigenvalue weighted by atomic mass is 10.0. The van der Waals surface area contributed by atoms with Crippen molar-refractivity contribution in [3.05, 3.63) is 36.5 Å². The molecule has 0 aliphatic heterocycles. The Bertz CT molecular complexity index is 897. The number of allylic oxidation sites excluding steroid dienone is 6. The molecule has 0 fully saturated rings. The number of hydrogen-bond donors (Lipinski definition) is 3. The summed E-state index contributed by atoms with van der Waals surface area (Å²) in [7, 11) is 0. The van der Waals surface area contributed by atoms with Crippen LogP contribution in [0.15, 0.2) is 36.5 Å². The average Bonchev–Trinajstić information content (AvgIpc) is 3.24. The largest absolute Gasteiger partial charge is 0.394 e. The molecule has 0 radical (unpaired) electrons. The monoisotopic (exact) mass is 828 g/mol. The number of carbonyl (C=O) groups excluding carboxylic acids is 1. The second-order valence-electron chi connectivity index (χ2n) is 18.3. The third kappa shape index (κ3) is 47.5. The fourth-order valence-electron chi connectivity index (χ4n) is 8.31. The molecule has 0 bridgehead atoms. The van der Waals surface area contributed by atoms with Gasteiger partial charge in [0.2, 0.25) is 5.91 Å². The van der Waals surface area contributed by atoms with Crippen LogP contribution in [0.2, 0.25) is 0 Å². The molecular weight excluding hydrogens is 723 g/mol.